The standard InChI is InChI=1S/C20H18FN5S/c1-2-6-14-15-11-13(21)9-10-16(15)26(17(14)12-7-4-3-5-8-12)19-18(22)23-20(27)25-24-19/h2-5,7-11,18H,1,6,22H2,(H2,23,25,27). The van der Waals surface area contributed by atoms with Gasteiger partial charge in [0.05, 0.1) is 11.2 Å². The second-order valence-electron chi connectivity index (χ2n) is 6.22. The minimum atomic E-state index is -0.599. The number of thiocarbonyl (C=S) groups is 1. The maximum Gasteiger partial charge on any atom is 0.188 e. The van der Waals surface area contributed by atoms with Crippen molar-refractivity contribution in [2.45, 2.75) is 12.6 Å². The number of hydrogen-bond acceptors (Lipinski definition) is 3. The summed E-state index contributed by atoms with van der Waals surface area (Å²) in [4.78, 5) is 0. The van der Waals surface area contributed by atoms with Crippen molar-refractivity contribution in [2.75, 3.05) is 0 Å². The van der Waals surface area contributed by atoms with E-state index in [0.717, 1.165) is 27.7 Å². The van der Waals surface area contributed by atoms with E-state index in [9.17, 15) is 4.39 Å². The molecule has 27 heavy (non-hydrogen) atoms. The van der Waals surface area contributed by atoms with E-state index >= 15 is 0 Å². The number of nitrogens with two attached hydrogens (primary N) is 1. The van der Waals surface area contributed by atoms with Gasteiger partial charge in [-0.1, -0.05) is 36.4 Å². The quantitative estimate of drug-likeness (QED) is 0.483. The van der Waals surface area contributed by atoms with E-state index in [1.54, 1.807) is 6.07 Å². The number of rotatable bonds is 3. The molecular formula is C20H18FN5S. The van der Waals surface area contributed by atoms with Crippen molar-refractivity contribution >= 4 is 34.1 Å². The average Bonchev–Trinajstić information content (AvgIpc) is 2.96. The second kappa shape index (κ2) is 6.94. The highest BCUT2D eigenvalue weighted by atomic mass is 32.1. The zero-order chi connectivity index (χ0) is 19.0. The summed E-state index contributed by atoms with van der Waals surface area (Å²) in [6, 6.07) is 14.6. The number of aromatic nitrogens is 1. The Labute approximate surface area is 161 Å². The normalized spacial score (nSPS) is 16.6. The van der Waals surface area contributed by atoms with E-state index in [2.05, 4.69) is 22.4 Å². The van der Waals surface area contributed by atoms with E-state index < -0.39 is 6.17 Å². The predicted molar refractivity (Wildman–Crippen MR) is 111 cm³/mol. The second-order valence-corrected chi connectivity index (χ2v) is 6.62. The molecule has 1 atom stereocenters. The lowest BCUT2D eigenvalue weighted by Crippen LogP contribution is -2.56. The van der Waals surface area contributed by atoms with Crippen LogP contribution >= 0.6 is 12.2 Å². The highest BCUT2D eigenvalue weighted by Gasteiger charge is 2.26. The molecule has 0 aliphatic carbocycles. The number of fused-ring (bicyclic) bond motifs is 1. The van der Waals surface area contributed by atoms with Crippen molar-refractivity contribution in [3.63, 3.8) is 0 Å². The van der Waals surface area contributed by atoms with E-state index in [-0.39, 0.29) is 5.82 Å². The van der Waals surface area contributed by atoms with Crippen LogP contribution in [0.2, 0.25) is 0 Å². The van der Waals surface area contributed by atoms with Crippen LogP contribution in [-0.4, -0.2) is 21.7 Å². The summed E-state index contributed by atoms with van der Waals surface area (Å²) < 4.78 is 16.0. The van der Waals surface area contributed by atoms with Gasteiger partial charge in [0.25, 0.3) is 0 Å². The third kappa shape index (κ3) is 3.01. The molecule has 0 radical (unpaired) electrons. The highest BCUT2D eigenvalue weighted by molar-refractivity contribution is 7.80. The van der Waals surface area contributed by atoms with Crippen LogP contribution in [-0.2, 0) is 6.42 Å². The number of hydrogen-bond donors (Lipinski definition) is 3. The zero-order valence-electron chi connectivity index (χ0n) is 14.4. The summed E-state index contributed by atoms with van der Waals surface area (Å²) in [7, 11) is 0. The molecule has 0 bridgehead atoms. The predicted octanol–water partition coefficient (Wildman–Crippen LogP) is 3.10. The Bertz CT molecular complexity index is 1070. The molecule has 5 nitrogen and oxygen atoms in total. The number of nitrogens with one attached hydrogen (secondary N) is 2. The summed E-state index contributed by atoms with van der Waals surface area (Å²) in [5.41, 5.74) is 12.7. The summed E-state index contributed by atoms with van der Waals surface area (Å²) in [5.74, 6) is 0.256. The molecule has 7 heteroatoms. The van der Waals surface area contributed by atoms with Crippen molar-refractivity contribution in [1.29, 1.82) is 0 Å². The van der Waals surface area contributed by atoms with Crippen LogP contribution in [0.4, 0.5) is 4.39 Å². The van der Waals surface area contributed by atoms with Crippen molar-refractivity contribution in [1.82, 2.24) is 15.3 Å². The molecule has 0 amide bonds. The molecule has 0 saturated carbocycles. The molecule has 1 aromatic heterocycles. The van der Waals surface area contributed by atoms with Crippen molar-refractivity contribution in [2.24, 2.45) is 10.8 Å². The van der Waals surface area contributed by atoms with E-state index in [1.165, 1.54) is 12.1 Å². The van der Waals surface area contributed by atoms with Crippen LogP contribution in [0.5, 0.6) is 0 Å². The number of benzene rings is 2. The van der Waals surface area contributed by atoms with Gasteiger partial charge in [0.1, 0.15) is 12.0 Å². The van der Waals surface area contributed by atoms with Gasteiger partial charge in [0.15, 0.2) is 10.9 Å². The molecule has 1 aliphatic rings. The van der Waals surface area contributed by atoms with Gasteiger partial charge < -0.3 is 11.1 Å². The lowest BCUT2D eigenvalue weighted by Gasteiger charge is -2.25. The van der Waals surface area contributed by atoms with Gasteiger partial charge in [-0.05, 0) is 48.0 Å². The summed E-state index contributed by atoms with van der Waals surface area (Å²) in [5, 5.41) is 8.52. The van der Waals surface area contributed by atoms with Gasteiger partial charge in [-0.25, -0.2) is 4.39 Å². The minimum Gasteiger partial charge on any atom is -0.339 e. The SMILES string of the molecule is C=CCc1c(-c2ccccc2)n(C2=NNC(=S)NC2N)c2ccc(F)cc12. The first-order chi connectivity index (χ1) is 13.1. The Kier molecular flexibility index (Phi) is 4.47. The smallest absolute Gasteiger partial charge is 0.188 e. The molecule has 136 valence electrons. The van der Waals surface area contributed by atoms with Gasteiger partial charge in [-0.3, -0.25) is 9.99 Å². The number of hydrazone groups is 1. The first kappa shape index (κ1) is 17.4. The first-order valence-electron chi connectivity index (χ1n) is 8.49. The van der Waals surface area contributed by atoms with Gasteiger partial charge in [0.2, 0.25) is 0 Å². The average molecular weight is 379 g/mol. The largest absolute Gasteiger partial charge is 0.339 e. The molecule has 4 rings (SSSR count). The Morgan fingerprint density at radius 3 is 2.74 bits per heavy atom. The topological polar surface area (TPSA) is 67.4 Å². The summed E-state index contributed by atoms with van der Waals surface area (Å²) >= 11 is 5.09. The Balaban J connectivity index is 2.10. The molecule has 0 fully saturated rings. The maximum absolute atomic E-state index is 14.0. The number of nitrogens with zero attached hydrogens (tertiary/aromatic N) is 2. The third-order valence-electron chi connectivity index (χ3n) is 4.50. The maximum atomic E-state index is 14.0. The molecule has 0 spiro atoms. The molecule has 1 aliphatic heterocycles. The van der Waals surface area contributed by atoms with Crippen molar-refractivity contribution in [3.05, 3.63) is 72.6 Å². The van der Waals surface area contributed by atoms with Crippen LogP contribution in [0.3, 0.4) is 0 Å². The van der Waals surface area contributed by atoms with Crippen LogP contribution in [0.15, 0.2) is 66.3 Å². The van der Waals surface area contributed by atoms with Crippen LogP contribution in [0, 0.1) is 5.82 Å². The lowest BCUT2D eigenvalue weighted by atomic mass is 10.0. The fourth-order valence-corrected chi connectivity index (χ4v) is 3.59. The monoisotopic (exact) mass is 379 g/mol. The Morgan fingerprint density at radius 1 is 1.26 bits per heavy atom. The summed E-state index contributed by atoms with van der Waals surface area (Å²) in [6.07, 6.45) is 1.79. The van der Waals surface area contributed by atoms with E-state index in [1.807, 2.05) is 41.0 Å². The van der Waals surface area contributed by atoms with E-state index in [4.69, 9.17) is 18.0 Å². The zero-order valence-corrected chi connectivity index (χ0v) is 15.3. The fraction of sp³-hybridized carbons (Fsp3) is 0.100. The molecule has 2 aromatic carbocycles. The van der Waals surface area contributed by atoms with Gasteiger partial charge >= 0.3 is 0 Å². The molecule has 2 heterocycles. The van der Waals surface area contributed by atoms with Crippen LogP contribution < -0.4 is 16.5 Å². The molecule has 4 N–H and O–H groups in total. The summed E-state index contributed by atoms with van der Waals surface area (Å²) in [6.45, 7) is 3.87. The highest BCUT2D eigenvalue weighted by Crippen LogP contribution is 2.35. The molecular weight excluding hydrogens is 361 g/mol. The number of halogens is 1. The number of allylic oxidation sites excluding steroid dienone is 1. The third-order valence-corrected chi connectivity index (χ3v) is 4.70. The molecule has 3 aromatic rings. The Morgan fingerprint density at radius 2 is 2.04 bits per heavy atom. The van der Waals surface area contributed by atoms with Crippen molar-refractivity contribution in [3.8, 4) is 11.3 Å². The van der Waals surface area contributed by atoms with Gasteiger partial charge in [-0.2, -0.15) is 5.10 Å². The lowest BCUT2D eigenvalue weighted by molar-refractivity contribution is 0.629. The first-order valence-corrected chi connectivity index (χ1v) is 8.90. The van der Waals surface area contributed by atoms with Gasteiger partial charge in [-0.15, -0.1) is 6.58 Å². The molecule has 1 unspecified atom stereocenters. The Hall–Kier alpha value is -3.03. The van der Waals surface area contributed by atoms with Crippen molar-refractivity contribution < 1.29 is 4.39 Å². The van der Waals surface area contributed by atoms with E-state index in [0.29, 0.717) is 17.4 Å². The van der Waals surface area contributed by atoms with Gasteiger partial charge in [0, 0.05) is 5.39 Å². The minimum absolute atomic E-state index is 0.295. The fourth-order valence-electron chi connectivity index (χ4n) is 3.42. The van der Waals surface area contributed by atoms with Crippen LogP contribution in [0.25, 0.3) is 22.2 Å². The molecule has 0 saturated heterocycles. The van der Waals surface area contributed by atoms with Crippen LogP contribution in [0.1, 0.15) is 5.56 Å².